The first-order valence-electron chi connectivity index (χ1n) is 7.45. The maximum Gasteiger partial charge on any atom is 0.326 e. The Morgan fingerprint density at radius 1 is 1.04 bits per heavy atom. The summed E-state index contributed by atoms with van der Waals surface area (Å²) in [5.74, 6) is -2.04. The predicted octanol–water partition coefficient (Wildman–Crippen LogP) is 3.10. The monoisotopic (exact) mass is 333 g/mol. The van der Waals surface area contributed by atoms with E-state index in [1.807, 2.05) is 0 Å². The number of hydrogen-bond donors (Lipinski definition) is 0. The van der Waals surface area contributed by atoms with Gasteiger partial charge in [0.15, 0.2) is 0 Å². The fourth-order valence-electron chi connectivity index (χ4n) is 2.22. The van der Waals surface area contributed by atoms with Crippen LogP contribution in [0.15, 0.2) is 48.5 Å². The largest absolute Gasteiger partial charge is 0.465 e. The van der Waals surface area contributed by atoms with E-state index in [0.29, 0.717) is 5.56 Å². The maximum absolute atomic E-state index is 13.5. The van der Waals surface area contributed by atoms with Crippen molar-refractivity contribution in [3.63, 3.8) is 0 Å². The van der Waals surface area contributed by atoms with E-state index in [9.17, 15) is 18.4 Å². The quantitative estimate of drug-likeness (QED) is 0.763. The summed E-state index contributed by atoms with van der Waals surface area (Å²) in [7, 11) is 0. The highest BCUT2D eigenvalue weighted by Gasteiger charge is 2.20. The normalized spacial score (nSPS) is 10.3. The smallest absolute Gasteiger partial charge is 0.326 e. The molecule has 0 unspecified atom stereocenters. The van der Waals surface area contributed by atoms with Crippen LogP contribution in [0.4, 0.5) is 14.5 Å². The molecule has 0 N–H and O–H groups in total. The molecule has 0 spiro atoms. The van der Waals surface area contributed by atoms with Crippen LogP contribution in [0.2, 0.25) is 0 Å². The third-order valence-electron chi connectivity index (χ3n) is 3.26. The zero-order valence-corrected chi connectivity index (χ0v) is 13.2. The second kappa shape index (κ2) is 8.19. The number of amides is 1. The standard InChI is InChI=1S/C18H17F2NO3/c1-2-24-18(23)12-21(16-8-4-7-15(20)11-16)17(22)10-13-5-3-6-14(19)9-13/h3-9,11H,2,10,12H2,1H3. The van der Waals surface area contributed by atoms with Gasteiger partial charge in [0.2, 0.25) is 5.91 Å². The summed E-state index contributed by atoms with van der Waals surface area (Å²) < 4.78 is 31.6. The van der Waals surface area contributed by atoms with Gasteiger partial charge >= 0.3 is 5.97 Å². The van der Waals surface area contributed by atoms with Crippen molar-refractivity contribution in [2.45, 2.75) is 13.3 Å². The molecule has 0 radical (unpaired) electrons. The minimum atomic E-state index is -0.602. The Balaban J connectivity index is 2.23. The number of nitrogens with zero attached hydrogens (tertiary/aromatic N) is 1. The van der Waals surface area contributed by atoms with Crippen LogP contribution >= 0.6 is 0 Å². The first-order chi connectivity index (χ1) is 11.5. The summed E-state index contributed by atoms with van der Waals surface area (Å²) in [5, 5.41) is 0. The van der Waals surface area contributed by atoms with E-state index >= 15 is 0 Å². The lowest BCUT2D eigenvalue weighted by atomic mass is 10.1. The van der Waals surface area contributed by atoms with E-state index in [1.165, 1.54) is 36.4 Å². The Morgan fingerprint density at radius 3 is 2.33 bits per heavy atom. The zero-order chi connectivity index (χ0) is 17.5. The van der Waals surface area contributed by atoms with E-state index < -0.39 is 23.5 Å². The summed E-state index contributed by atoms with van der Waals surface area (Å²) in [6, 6.07) is 11.0. The molecule has 0 saturated carbocycles. The van der Waals surface area contributed by atoms with Gasteiger partial charge in [-0.25, -0.2) is 8.78 Å². The summed E-state index contributed by atoms with van der Waals surface area (Å²) in [6.07, 6.45) is -0.117. The van der Waals surface area contributed by atoms with Gasteiger partial charge in [0, 0.05) is 5.69 Å². The van der Waals surface area contributed by atoms with Crippen LogP contribution in [0.1, 0.15) is 12.5 Å². The molecule has 0 fully saturated rings. The number of benzene rings is 2. The van der Waals surface area contributed by atoms with Gasteiger partial charge in [-0.1, -0.05) is 18.2 Å². The van der Waals surface area contributed by atoms with Crippen molar-refractivity contribution in [3.05, 3.63) is 65.7 Å². The number of ether oxygens (including phenoxy) is 1. The van der Waals surface area contributed by atoms with Gasteiger partial charge in [0.05, 0.1) is 13.0 Å². The summed E-state index contributed by atoms with van der Waals surface area (Å²) in [4.78, 5) is 25.4. The van der Waals surface area contributed by atoms with E-state index in [2.05, 4.69) is 0 Å². The van der Waals surface area contributed by atoms with Crippen LogP contribution in [0.5, 0.6) is 0 Å². The fraction of sp³-hybridized carbons (Fsp3) is 0.222. The average molecular weight is 333 g/mol. The minimum absolute atomic E-state index is 0.117. The molecule has 0 aliphatic rings. The molecular formula is C18H17F2NO3. The molecule has 0 aliphatic heterocycles. The average Bonchev–Trinajstić information content (AvgIpc) is 2.53. The Labute approximate surface area is 138 Å². The molecule has 0 atom stereocenters. The van der Waals surface area contributed by atoms with E-state index in [4.69, 9.17) is 4.74 Å². The maximum atomic E-state index is 13.5. The molecule has 0 heterocycles. The van der Waals surface area contributed by atoms with Crippen molar-refractivity contribution in [3.8, 4) is 0 Å². The molecule has 126 valence electrons. The van der Waals surface area contributed by atoms with Crippen LogP contribution in [0.25, 0.3) is 0 Å². The zero-order valence-electron chi connectivity index (χ0n) is 13.2. The molecule has 6 heteroatoms. The van der Waals surface area contributed by atoms with Crippen LogP contribution in [0.3, 0.4) is 0 Å². The molecule has 1 amide bonds. The van der Waals surface area contributed by atoms with Gasteiger partial charge in [-0.3, -0.25) is 9.59 Å². The Hall–Kier alpha value is -2.76. The number of carbonyl (C=O) groups is 2. The van der Waals surface area contributed by atoms with Crippen molar-refractivity contribution < 1.29 is 23.1 Å². The molecule has 2 rings (SSSR count). The molecule has 24 heavy (non-hydrogen) atoms. The molecule has 0 aliphatic carbocycles. The fourth-order valence-corrected chi connectivity index (χ4v) is 2.22. The van der Waals surface area contributed by atoms with Gasteiger partial charge in [-0.2, -0.15) is 0 Å². The van der Waals surface area contributed by atoms with Crippen molar-refractivity contribution in [1.82, 2.24) is 0 Å². The van der Waals surface area contributed by atoms with Crippen molar-refractivity contribution in [2.75, 3.05) is 18.1 Å². The van der Waals surface area contributed by atoms with Crippen LogP contribution in [-0.4, -0.2) is 25.0 Å². The van der Waals surface area contributed by atoms with E-state index in [1.54, 1.807) is 13.0 Å². The van der Waals surface area contributed by atoms with Crippen molar-refractivity contribution in [2.24, 2.45) is 0 Å². The number of esters is 1. The lowest BCUT2D eigenvalue weighted by Crippen LogP contribution is -2.37. The van der Waals surface area contributed by atoms with E-state index in [-0.39, 0.29) is 25.3 Å². The molecular weight excluding hydrogens is 316 g/mol. The van der Waals surface area contributed by atoms with Gasteiger partial charge in [-0.05, 0) is 42.8 Å². The topological polar surface area (TPSA) is 46.6 Å². The van der Waals surface area contributed by atoms with Gasteiger partial charge in [0.25, 0.3) is 0 Å². The number of hydrogen-bond acceptors (Lipinski definition) is 3. The number of anilines is 1. The number of halogens is 2. The van der Waals surface area contributed by atoms with Crippen molar-refractivity contribution in [1.29, 1.82) is 0 Å². The first kappa shape index (κ1) is 17.6. The van der Waals surface area contributed by atoms with E-state index in [0.717, 1.165) is 11.0 Å². The Bertz CT molecular complexity index is 734. The molecule has 4 nitrogen and oxygen atoms in total. The van der Waals surface area contributed by atoms with Crippen LogP contribution in [-0.2, 0) is 20.7 Å². The second-order valence-corrected chi connectivity index (χ2v) is 5.07. The lowest BCUT2D eigenvalue weighted by Gasteiger charge is -2.22. The highest BCUT2D eigenvalue weighted by Crippen LogP contribution is 2.17. The highest BCUT2D eigenvalue weighted by molar-refractivity contribution is 5.98. The number of carbonyl (C=O) groups excluding carboxylic acids is 2. The molecule has 2 aromatic carbocycles. The summed E-state index contributed by atoms with van der Waals surface area (Å²) >= 11 is 0. The van der Waals surface area contributed by atoms with Crippen LogP contribution in [0, 0.1) is 11.6 Å². The Morgan fingerprint density at radius 2 is 1.71 bits per heavy atom. The lowest BCUT2D eigenvalue weighted by molar-refractivity contribution is -0.142. The minimum Gasteiger partial charge on any atom is -0.465 e. The molecule has 0 bridgehead atoms. The van der Waals surface area contributed by atoms with Crippen LogP contribution < -0.4 is 4.90 Å². The molecule has 2 aromatic rings. The van der Waals surface area contributed by atoms with Gasteiger partial charge in [0.1, 0.15) is 18.2 Å². The number of rotatable bonds is 6. The Kier molecular flexibility index (Phi) is 6.01. The predicted molar refractivity (Wildman–Crippen MR) is 85.5 cm³/mol. The highest BCUT2D eigenvalue weighted by atomic mass is 19.1. The third kappa shape index (κ3) is 4.87. The van der Waals surface area contributed by atoms with Gasteiger partial charge < -0.3 is 9.64 Å². The molecule has 0 aromatic heterocycles. The SMILES string of the molecule is CCOC(=O)CN(C(=O)Cc1cccc(F)c1)c1cccc(F)c1. The second-order valence-electron chi connectivity index (χ2n) is 5.07. The van der Waals surface area contributed by atoms with Crippen molar-refractivity contribution >= 4 is 17.6 Å². The van der Waals surface area contributed by atoms with Gasteiger partial charge in [-0.15, -0.1) is 0 Å². The first-order valence-corrected chi connectivity index (χ1v) is 7.45. The molecule has 0 saturated heterocycles. The summed E-state index contributed by atoms with van der Waals surface area (Å²) in [5.41, 5.74) is 0.703. The third-order valence-corrected chi connectivity index (χ3v) is 3.26. The summed E-state index contributed by atoms with van der Waals surface area (Å²) in [6.45, 7) is 1.48.